The number of carbonyl (C=O) groups is 1. The summed E-state index contributed by atoms with van der Waals surface area (Å²) < 4.78 is 27.4. The molecule has 25 heavy (non-hydrogen) atoms. The molecule has 1 spiro atoms. The highest BCUT2D eigenvalue weighted by Crippen LogP contribution is 2.46. The summed E-state index contributed by atoms with van der Waals surface area (Å²) in [7, 11) is -1.91. The molecule has 1 aromatic heterocycles. The third kappa shape index (κ3) is 2.30. The van der Waals surface area contributed by atoms with E-state index in [0.29, 0.717) is 19.4 Å². The molecule has 1 saturated heterocycles. The lowest BCUT2D eigenvalue weighted by Gasteiger charge is -2.38. The number of amides is 1. The van der Waals surface area contributed by atoms with Gasteiger partial charge in [-0.15, -0.1) is 0 Å². The van der Waals surface area contributed by atoms with Crippen LogP contribution in [0.1, 0.15) is 18.4 Å². The van der Waals surface area contributed by atoms with E-state index in [9.17, 15) is 13.2 Å². The quantitative estimate of drug-likeness (QED) is 0.821. The van der Waals surface area contributed by atoms with Crippen molar-refractivity contribution in [1.82, 2.24) is 9.29 Å². The predicted molar refractivity (Wildman–Crippen MR) is 93.8 cm³/mol. The van der Waals surface area contributed by atoms with Crippen molar-refractivity contribution in [3.05, 3.63) is 54.4 Å². The van der Waals surface area contributed by atoms with Gasteiger partial charge in [-0.05, 0) is 36.6 Å². The smallest absolute Gasteiger partial charge is 0.244 e. The van der Waals surface area contributed by atoms with E-state index in [2.05, 4.69) is 4.98 Å². The van der Waals surface area contributed by atoms with Crippen molar-refractivity contribution in [2.45, 2.75) is 23.2 Å². The number of sulfonamides is 1. The number of anilines is 1. The first-order chi connectivity index (χ1) is 12.0. The van der Waals surface area contributed by atoms with E-state index in [-0.39, 0.29) is 17.3 Å². The standard InChI is InChI=1S/C18H19N3O3S/c1-20-16-8-3-2-7-15(16)18(17(20)22)9-5-11-21(13-18)25(23,24)14-6-4-10-19-12-14/h2-4,6-8,10,12H,5,9,11,13H2,1H3. The number of piperidine rings is 1. The van der Waals surface area contributed by atoms with Crippen LogP contribution in [0.5, 0.6) is 0 Å². The number of fused-ring (bicyclic) bond motifs is 2. The fourth-order valence-electron chi connectivity index (χ4n) is 3.98. The van der Waals surface area contributed by atoms with Gasteiger partial charge in [-0.3, -0.25) is 9.78 Å². The van der Waals surface area contributed by atoms with E-state index in [0.717, 1.165) is 11.3 Å². The van der Waals surface area contributed by atoms with Crippen molar-refractivity contribution in [2.24, 2.45) is 0 Å². The van der Waals surface area contributed by atoms with E-state index in [1.54, 1.807) is 30.3 Å². The van der Waals surface area contributed by atoms with Crippen LogP contribution in [-0.2, 0) is 20.2 Å². The van der Waals surface area contributed by atoms with Gasteiger partial charge in [0.2, 0.25) is 15.9 Å². The number of aromatic nitrogens is 1. The van der Waals surface area contributed by atoms with E-state index in [4.69, 9.17) is 0 Å². The first kappa shape index (κ1) is 16.2. The third-order valence-electron chi connectivity index (χ3n) is 5.22. The van der Waals surface area contributed by atoms with Gasteiger partial charge >= 0.3 is 0 Å². The summed E-state index contributed by atoms with van der Waals surface area (Å²) in [4.78, 5) is 18.8. The number of hydrogen-bond donors (Lipinski definition) is 0. The van der Waals surface area contributed by atoms with Gasteiger partial charge < -0.3 is 4.90 Å². The van der Waals surface area contributed by atoms with Crippen LogP contribution in [0.25, 0.3) is 0 Å². The normalized spacial score (nSPS) is 23.9. The molecule has 1 amide bonds. The molecule has 3 heterocycles. The van der Waals surface area contributed by atoms with Crippen LogP contribution in [0.4, 0.5) is 5.69 Å². The molecule has 7 heteroatoms. The first-order valence-corrected chi connectivity index (χ1v) is 9.69. The van der Waals surface area contributed by atoms with Gasteiger partial charge in [0.15, 0.2) is 0 Å². The van der Waals surface area contributed by atoms with Crippen LogP contribution in [0.15, 0.2) is 53.7 Å². The van der Waals surface area contributed by atoms with E-state index < -0.39 is 15.4 Å². The highest BCUT2D eigenvalue weighted by molar-refractivity contribution is 7.89. The van der Waals surface area contributed by atoms with Crippen molar-refractivity contribution >= 4 is 21.6 Å². The van der Waals surface area contributed by atoms with Gasteiger partial charge in [0, 0.05) is 38.2 Å². The Kier molecular flexibility index (Phi) is 3.66. The zero-order valence-corrected chi connectivity index (χ0v) is 14.7. The molecule has 0 saturated carbocycles. The lowest BCUT2D eigenvalue weighted by Crippen LogP contribution is -2.53. The average Bonchev–Trinajstić information content (AvgIpc) is 2.85. The summed E-state index contributed by atoms with van der Waals surface area (Å²) in [5.74, 6) is -0.0280. The van der Waals surface area contributed by atoms with E-state index in [1.807, 2.05) is 24.3 Å². The Labute approximate surface area is 147 Å². The third-order valence-corrected chi connectivity index (χ3v) is 7.05. The average molecular weight is 357 g/mol. The molecular formula is C18H19N3O3S. The highest BCUT2D eigenvalue weighted by atomic mass is 32.2. The van der Waals surface area contributed by atoms with Gasteiger partial charge in [-0.25, -0.2) is 8.42 Å². The number of para-hydroxylation sites is 1. The molecule has 1 atom stereocenters. The maximum Gasteiger partial charge on any atom is 0.244 e. The van der Waals surface area contributed by atoms with Gasteiger partial charge in [0.25, 0.3) is 0 Å². The van der Waals surface area contributed by atoms with Gasteiger partial charge in [0.1, 0.15) is 4.90 Å². The predicted octanol–water partition coefficient (Wildman–Crippen LogP) is 1.78. The Balaban J connectivity index is 1.76. The molecular weight excluding hydrogens is 338 g/mol. The Bertz CT molecular complexity index is 930. The molecule has 2 aliphatic heterocycles. The number of likely N-dealkylation sites (N-methyl/N-ethyl adjacent to an activating group) is 1. The largest absolute Gasteiger partial charge is 0.314 e. The Morgan fingerprint density at radius 1 is 1.16 bits per heavy atom. The fourth-order valence-corrected chi connectivity index (χ4v) is 5.48. The SMILES string of the molecule is CN1C(=O)C2(CCCN(S(=O)(=O)c3cccnc3)C2)c2ccccc21. The lowest BCUT2D eigenvalue weighted by molar-refractivity contribution is -0.124. The summed E-state index contributed by atoms with van der Waals surface area (Å²) in [5.41, 5.74) is 1.00. The van der Waals surface area contributed by atoms with Crippen LogP contribution in [0, 0.1) is 0 Å². The number of hydrogen-bond acceptors (Lipinski definition) is 4. The van der Waals surface area contributed by atoms with Crippen LogP contribution >= 0.6 is 0 Å². The zero-order chi connectivity index (χ0) is 17.7. The molecule has 1 unspecified atom stereocenters. The molecule has 0 bridgehead atoms. The maximum absolute atomic E-state index is 13.0. The molecule has 1 aromatic carbocycles. The summed E-state index contributed by atoms with van der Waals surface area (Å²) in [6.07, 6.45) is 4.20. The van der Waals surface area contributed by atoms with Crippen molar-refractivity contribution in [1.29, 1.82) is 0 Å². The minimum Gasteiger partial charge on any atom is -0.314 e. The number of pyridine rings is 1. The Morgan fingerprint density at radius 3 is 2.72 bits per heavy atom. The minimum absolute atomic E-state index is 0.0280. The molecule has 0 radical (unpaired) electrons. The molecule has 6 nitrogen and oxygen atoms in total. The van der Waals surface area contributed by atoms with E-state index in [1.165, 1.54) is 10.5 Å². The minimum atomic E-state index is -3.67. The lowest BCUT2D eigenvalue weighted by atomic mass is 9.76. The molecule has 4 rings (SSSR count). The van der Waals surface area contributed by atoms with Crippen LogP contribution in [0.2, 0.25) is 0 Å². The second-order valence-corrected chi connectivity index (χ2v) is 8.53. The topological polar surface area (TPSA) is 70.6 Å². The second-order valence-electron chi connectivity index (χ2n) is 6.59. The Hall–Kier alpha value is -2.25. The second kappa shape index (κ2) is 5.64. The maximum atomic E-state index is 13.0. The van der Waals surface area contributed by atoms with E-state index >= 15 is 0 Å². The fraction of sp³-hybridized carbons (Fsp3) is 0.333. The monoisotopic (exact) mass is 357 g/mol. The van der Waals surface area contributed by atoms with Crippen molar-refractivity contribution in [2.75, 3.05) is 25.0 Å². The van der Waals surface area contributed by atoms with Gasteiger partial charge in [-0.2, -0.15) is 4.31 Å². The molecule has 2 aliphatic rings. The number of benzene rings is 1. The summed E-state index contributed by atoms with van der Waals surface area (Å²) in [6.45, 7) is 0.586. The number of rotatable bonds is 2. The molecule has 0 aliphatic carbocycles. The summed E-state index contributed by atoms with van der Waals surface area (Å²) in [5, 5.41) is 0. The molecule has 0 N–H and O–H groups in total. The van der Waals surface area contributed by atoms with Crippen molar-refractivity contribution < 1.29 is 13.2 Å². The van der Waals surface area contributed by atoms with Crippen LogP contribution in [-0.4, -0.2) is 43.8 Å². The van der Waals surface area contributed by atoms with Crippen molar-refractivity contribution in [3.63, 3.8) is 0 Å². The van der Waals surface area contributed by atoms with Gasteiger partial charge in [0.05, 0.1) is 5.41 Å². The molecule has 1 fully saturated rings. The van der Waals surface area contributed by atoms with Crippen molar-refractivity contribution in [3.8, 4) is 0 Å². The summed E-state index contributed by atoms with van der Waals surface area (Å²) >= 11 is 0. The Morgan fingerprint density at radius 2 is 1.96 bits per heavy atom. The van der Waals surface area contributed by atoms with Gasteiger partial charge in [-0.1, -0.05) is 18.2 Å². The van der Waals surface area contributed by atoms with Crippen LogP contribution < -0.4 is 4.90 Å². The highest BCUT2D eigenvalue weighted by Gasteiger charge is 2.53. The molecule has 2 aromatic rings. The number of carbonyl (C=O) groups excluding carboxylic acids is 1. The first-order valence-electron chi connectivity index (χ1n) is 8.25. The number of nitrogens with zero attached hydrogens (tertiary/aromatic N) is 3. The summed E-state index contributed by atoms with van der Waals surface area (Å²) in [6, 6.07) is 10.8. The van der Waals surface area contributed by atoms with Crippen LogP contribution in [0.3, 0.4) is 0 Å². The zero-order valence-electron chi connectivity index (χ0n) is 13.9. The molecule has 130 valence electrons.